The van der Waals surface area contributed by atoms with Gasteiger partial charge < -0.3 is 15.0 Å². The molecule has 0 radical (unpaired) electrons. The molecule has 1 aromatic heterocycles. The summed E-state index contributed by atoms with van der Waals surface area (Å²) >= 11 is 0. The molecule has 0 atom stereocenters. The van der Waals surface area contributed by atoms with Gasteiger partial charge in [0, 0.05) is 32.4 Å². The topological polar surface area (TPSA) is 101 Å². The van der Waals surface area contributed by atoms with Crippen LogP contribution in [0.4, 0.5) is 11.5 Å². The molecule has 1 aliphatic rings. The van der Waals surface area contributed by atoms with Gasteiger partial charge >= 0.3 is 0 Å². The van der Waals surface area contributed by atoms with Crippen molar-refractivity contribution in [3.8, 4) is 5.75 Å². The van der Waals surface area contributed by atoms with Gasteiger partial charge in [-0.25, -0.2) is 18.1 Å². The first-order valence-electron chi connectivity index (χ1n) is 7.54. The summed E-state index contributed by atoms with van der Waals surface area (Å²) in [4.78, 5) is 17.5. The SMILES string of the molecule is CN(C)c1ncccc1CNS(=O)(=O)c1ccc2c(c1)NC(=O)CO2. The number of rotatable bonds is 5. The average molecular weight is 362 g/mol. The van der Waals surface area contributed by atoms with Gasteiger partial charge in [0.15, 0.2) is 6.61 Å². The van der Waals surface area contributed by atoms with Gasteiger partial charge in [-0.2, -0.15) is 0 Å². The number of hydrogen-bond acceptors (Lipinski definition) is 6. The van der Waals surface area contributed by atoms with Crippen molar-refractivity contribution in [3.63, 3.8) is 0 Å². The largest absolute Gasteiger partial charge is 0.482 e. The lowest BCUT2D eigenvalue weighted by molar-refractivity contribution is -0.118. The lowest BCUT2D eigenvalue weighted by atomic mass is 10.2. The molecular formula is C16H18N4O4S. The number of amides is 1. The molecular weight excluding hydrogens is 344 g/mol. The molecule has 0 aliphatic carbocycles. The van der Waals surface area contributed by atoms with E-state index in [0.29, 0.717) is 17.3 Å². The summed E-state index contributed by atoms with van der Waals surface area (Å²) < 4.78 is 32.9. The van der Waals surface area contributed by atoms with Gasteiger partial charge in [-0.3, -0.25) is 4.79 Å². The van der Waals surface area contributed by atoms with E-state index in [9.17, 15) is 13.2 Å². The van der Waals surface area contributed by atoms with Crippen LogP contribution in [0.1, 0.15) is 5.56 Å². The highest BCUT2D eigenvalue weighted by Gasteiger charge is 2.21. The number of carbonyl (C=O) groups is 1. The molecule has 2 N–H and O–H groups in total. The molecule has 3 rings (SSSR count). The quantitative estimate of drug-likeness (QED) is 0.822. The Hall–Kier alpha value is -2.65. The molecule has 2 aromatic rings. The molecule has 1 amide bonds. The van der Waals surface area contributed by atoms with Crippen LogP contribution in [-0.4, -0.2) is 40.0 Å². The summed E-state index contributed by atoms with van der Waals surface area (Å²) in [6.45, 7) is 0.0231. The van der Waals surface area contributed by atoms with Crippen molar-refractivity contribution in [2.45, 2.75) is 11.4 Å². The maximum absolute atomic E-state index is 12.6. The summed E-state index contributed by atoms with van der Waals surface area (Å²) in [7, 11) is -0.0755. The molecule has 0 fully saturated rings. The molecule has 0 saturated carbocycles. The zero-order chi connectivity index (χ0) is 18.0. The van der Waals surface area contributed by atoms with Crippen LogP contribution in [0.3, 0.4) is 0 Å². The molecule has 9 heteroatoms. The number of aromatic nitrogens is 1. The van der Waals surface area contributed by atoms with Gasteiger partial charge in [-0.15, -0.1) is 0 Å². The van der Waals surface area contributed by atoms with Crippen molar-refractivity contribution < 1.29 is 17.9 Å². The second-order valence-corrected chi connectivity index (χ2v) is 7.47. The number of ether oxygens (including phenoxy) is 1. The van der Waals surface area contributed by atoms with Crippen LogP contribution in [0.5, 0.6) is 5.75 Å². The Morgan fingerprint density at radius 1 is 1.32 bits per heavy atom. The summed E-state index contributed by atoms with van der Waals surface area (Å²) in [6.07, 6.45) is 1.65. The highest BCUT2D eigenvalue weighted by Crippen LogP contribution is 2.30. The van der Waals surface area contributed by atoms with Crippen molar-refractivity contribution in [1.82, 2.24) is 9.71 Å². The Balaban J connectivity index is 1.81. The van der Waals surface area contributed by atoms with E-state index in [2.05, 4.69) is 15.0 Å². The van der Waals surface area contributed by atoms with Crippen LogP contribution < -0.4 is 19.7 Å². The average Bonchev–Trinajstić information content (AvgIpc) is 2.59. The fraction of sp³-hybridized carbons (Fsp3) is 0.250. The molecule has 8 nitrogen and oxygen atoms in total. The smallest absolute Gasteiger partial charge is 0.262 e. The minimum atomic E-state index is -3.76. The van der Waals surface area contributed by atoms with Crippen LogP contribution >= 0.6 is 0 Å². The minimum absolute atomic E-state index is 0.0485. The molecule has 1 aliphatic heterocycles. The number of benzene rings is 1. The maximum atomic E-state index is 12.6. The van der Waals surface area contributed by atoms with Crippen LogP contribution in [0.2, 0.25) is 0 Å². The van der Waals surface area contributed by atoms with Gasteiger partial charge in [0.25, 0.3) is 5.91 Å². The van der Waals surface area contributed by atoms with E-state index in [1.54, 1.807) is 12.3 Å². The third-order valence-electron chi connectivity index (χ3n) is 3.64. The Morgan fingerprint density at radius 3 is 2.88 bits per heavy atom. The van der Waals surface area contributed by atoms with E-state index in [-0.39, 0.29) is 24.0 Å². The first kappa shape index (κ1) is 17.2. The van der Waals surface area contributed by atoms with Gasteiger partial charge in [0.1, 0.15) is 11.6 Å². The van der Waals surface area contributed by atoms with E-state index in [0.717, 1.165) is 5.56 Å². The molecule has 1 aromatic carbocycles. The summed E-state index contributed by atoms with van der Waals surface area (Å²) in [5.41, 5.74) is 1.10. The lowest BCUT2D eigenvalue weighted by Crippen LogP contribution is -2.27. The summed E-state index contributed by atoms with van der Waals surface area (Å²) in [5.74, 6) is 0.818. The van der Waals surface area contributed by atoms with Crippen molar-refractivity contribution in [2.75, 3.05) is 30.9 Å². The fourth-order valence-corrected chi connectivity index (χ4v) is 3.49. The fourth-order valence-electron chi connectivity index (χ4n) is 2.46. The Morgan fingerprint density at radius 2 is 2.12 bits per heavy atom. The maximum Gasteiger partial charge on any atom is 0.262 e. The summed E-state index contributed by atoms with van der Waals surface area (Å²) in [6, 6.07) is 7.91. The molecule has 0 unspecified atom stereocenters. The Labute approximate surface area is 145 Å². The highest BCUT2D eigenvalue weighted by molar-refractivity contribution is 7.89. The number of hydrogen-bond donors (Lipinski definition) is 2. The molecule has 0 saturated heterocycles. The minimum Gasteiger partial charge on any atom is -0.482 e. The predicted molar refractivity (Wildman–Crippen MR) is 93.2 cm³/mol. The van der Waals surface area contributed by atoms with Crippen LogP contribution in [0.25, 0.3) is 0 Å². The van der Waals surface area contributed by atoms with Crippen molar-refractivity contribution in [1.29, 1.82) is 0 Å². The standard InChI is InChI=1S/C16H18N4O4S/c1-20(2)16-11(4-3-7-17-16)9-18-25(22,23)12-5-6-14-13(8-12)19-15(21)10-24-14/h3-8,18H,9-10H2,1-2H3,(H,19,21). The predicted octanol–water partition coefficient (Wildman–Crippen LogP) is 0.957. The highest BCUT2D eigenvalue weighted by atomic mass is 32.2. The zero-order valence-corrected chi connectivity index (χ0v) is 14.6. The van der Waals surface area contributed by atoms with E-state index in [1.165, 1.54) is 18.2 Å². The molecule has 2 heterocycles. The number of carbonyl (C=O) groups excluding carboxylic acids is 1. The first-order chi connectivity index (χ1) is 11.9. The lowest BCUT2D eigenvalue weighted by Gasteiger charge is -2.19. The Bertz CT molecular complexity index is 912. The number of pyridine rings is 1. The number of anilines is 2. The normalized spacial score (nSPS) is 13.6. The van der Waals surface area contributed by atoms with Crippen molar-refractivity contribution in [2.24, 2.45) is 0 Å². The van der Waals surface area contributed by atoms with E-state index in [1.807, 2.05) is 25.1 Å². The van der Waals surface area contributed by atoms with Gasteiger partial charge in [0.2, 0.25) is 10.0 Å². The van der Waals surface area contributed by atoms with Crippen molar-refractivity contribution in [3.05, 3.63) is 42.1 Å². The number of sulfonamides is 1. The van der Waals surface area contributed by atoms with Crippen molar-refractivity contribution >= 4 is 27.4 Å². The Kier molecular flexibility index (Phi) is 4.60. The molecule has 0 bridgehead atoms. The second-order valence-electron chi connectivity index (χ2n) is 5.70. The van der Waals surface area contributed by atoms with Crippen LogP contribution in [0, 0.1) is 0 Å². The number of fused-ring (bicyclic) bond motifs is 1. The van der Waals surface area contributed by atoms with Gasteiger partial charge in [-0.1, -0.05) is 6.07 Å². The molecule has 132 valence electrons. The summed E-state index contributed by atoms with van der Waals surface area (Å²) in [5, 5.41) is 2.60. The molecule has 25 heavy (non-hydrogen) atoms. The van der Waals surface area contributed by atoms with Gasteiger partial charge in [-0.05, 0) is 24.3 Å². The van der Waals surface area contributed by atoms with Crippen LogP contribution in [-0.2, 0) is 21.4 Å². The first-order valence-corrected chi connectivity index (χ1v) is 9.03. The van der Waals surface area contributed by atoms with Crippen LogP contribution in [0.15, 0.2) is 41.4 Å². The molecule has 0 spiro atoms. The van der Waals surface area contributed by atoms with E-state index >= 15 is 0 Å². The second kappa shape index (κ2) is 6.69. The van der Waals surface area contributed by atoms with E-state index < -0.39 is 10.0 Å². The number of nitrogens with one attached hydrogen (secondary N) is 2. The van der Waals surface area contributed by atoms with E-state index in [4.69, 9.17) is 4.74 Å². The van der Waals surface area contributed by atoms with Gasteiger partial charge in [0.05, 0.1) is 10.6 Å². The third kappa shape index (κ3) is 3.72. The zero-order valence-electron chi connectivity index (χ0n) is 13.8. The number of nitrogens with zero attached hydrogens (tertiary/aromatic N) is 2. The monoisotopic (exact) mass is 362 g/mol. The third-order valence-corrected chi connectivity index (χ3v) is 5.04.